The second kappa shape index (κ2) is 3.21. The fourth-order valence-corrected chi connectivity index (χ4v) is 0.725. The number of H-pyrrole nitrogens is 1. The van der Waals surface area contributed by atoms with Crippen molar-refractivity contribution in [2.24, 2.45) is 0 Å². The number of hydrogen-bond donors (Lipinski definition) is 1. The summed E-state index contributed by atoms with van der Waals surface area (Å²) in [6.45, 7) is 0. The van der Waals surface area contributed by atoms with Crippen molar-refractivity contribution in [1.29, 1.82) is 0 Å². The van der Waals surface area contributed by atoms with Gasteiger partial charge in [0, 0.05) is 14.1 Å². The minimum absolute atomic E-state index is 0.0308. The summed E-state index contributed by atoms with van der Waals surface area (Å²) in [4.78, 5) is 27.9. The Kier molecular flexibility index (Phi) is 2.27. The smallest absolute Gasteiger partial charge is 0.341 e. The van der Waals surface area contributed by atoms with Gasteiger partial charge in [-0.1, -0.05) is 0 Å². The van der Waals surface area contributed by atoms with Gasteiger partial charge in [-0.05, 0) is 4.92 Å². The Balaban J connectivity index is 2.92. The van der Waals surface area contributed by atoms with Crippen LogP contribution >= 0.6 is 0 Å². The van der Waals surface area contributed by atoms with E-state index in [1.807, 2.05) is 0 Å². The lowest BCUT2D eigenvalue weighted by atomic mass is 10.5. The van der Waals surface area contributed by atoms with Crippen molar-refractivity contribution in [3.05, 3.63) is 22.1 Å². The summed E-state index contributed by atoms with van der Waals surface area (Å²) in [5.74, 6) is -0.713. The minimum atomic E-state index is -0.639. The van der Waals surface area contributed by atoms with E-state index >= 15 is 0 Å². The normalized spacial score (nSPS) is 9.69. The number of carbonyl (C=O) groups is 1. The number of nitrogens with zero attached hydrogens (tertiary/aromatic N) is 3. The monoisotopic (exact) mass is 184 g/mol. The highest BCUT2D eigenvalue weighted by molar-refractivity contribution is 5.90. The lowest BCUT2D eigenvalue weighted by molar-refractivity contribution is -0.389. The van der Waals surface area contributed by atoms with E-state index in [0.717, 1.165) is 6.20 Å². The fourth-order valence-electron chi connectivity index (χ4n) is 0.725. The van der Waals surface area contributed by atoms with Gasteiger partial charge in [-0.15, -0.1) is 0 Å². The average molecular weight is 184 g/mol. The summed E-state index contributed by atoms with van der Waals surface area (Å²) in [7, 11) is 3.08. The molecule has 13 heavy (non-hydrogen) atoms. The van der Waals surface area contributed by atoms with Crippen LogP contribution in [0.15, 0.2) is 6.20 Å². The molecule has 0 aliphatic rings. The van der Waals surface area contributed by atoms with Crippen LogP contribution in [0.3, 0.4) is 0 Å². The van der Waals surface area contributed by atoms with Gasteiger partial charge in [0.15, 0.2) is 0 Å². The Morgan fingerprint density at radius 2 is 2.31 bits per heavy atom. The second-order valence-corrected chi connectivity index (χ2v) is 2.57. The predicted octanol–water partition coefficient (Wildman–Crippen LogP) is 0.0197. The molecule has 1 N–H and O–H groups in total. The number of aromatic nitrogens is 2. The summed E-state index contributed by atoms with van der Waals surface area (Å²) in [5.41, 5.74) is 0. The lowest BCUT2D eigenvalue weighted by Gasteiger charge is -2.04. The minimum Gasteiger partial charge on any atom is -0.358 e. The molecule has 1 aromatic heterocycles. The molecular formula is C6H8N4O3. The third kappa shape index (κ3) is 1.81. The maximum absolute atomic E-state index is 11.2. The molecule has 70 valence electrons. The molecule has 1 amide bonds. The standard InChI is InChI=1S/C6H8N4O3/c1-9(2)6(11)5-7-3-4(8-5)10(12)13/h3H,1-2H3,(H,7,8). The molecule has 0 aliphatic carbocycles. The highest BCUT2D eigenvalue weighted by Gasteiger charge is 2.18. The van der Waals surface area contributed by atoms with E-state index in [1.54, 1.807) is 0 Å². The van der Waals surface area contributed by atoms with Gasteiger partial charge < -0.3 is 15.0 Å². The van der Waals surface area contributed by atoms with Gasteiger partial charge in [0.1, 0.15) is 6.20 Å². The Morgan fingerprint density at radius 3 is 2.69 bits per heavy atom. The summed E-state index contributed by atoms with van der Waals surface area (Å²) in [5, 5.41) is 10.2. The molecule has 0 spiro atoms. The molecule has 7 heteroatoms. The Hall–Kier alpha value is -1.92. The summed E-state index contributed by atoms with van der Waals surface area (Å²) in [6, 6.07) is 0. The Labute approximate surface area is 73.5 Å². The number of rotatable bonds is 2. The molecule has 0 saturated heterocycles. The predicted molar refractivity (Wildman–Crippen MR) is 43.3 cm³/mol. The number of nitrogens with one attached hydrogen (secondary N) is 1. The molecule has 0 aromatic carbocycles. The van der Waals surface area contributed by atoms with E-state index in [-0.39, 0.29) is 11.6 Å². The van der Waals surface area contributed by atoms with Crippen molar-refractivity contribution >= 4 is 11.7 Å². The van der Waals surface area contributed by atoms with E-state index in [0.29, 0.717) is 0 Å². The molecule has 1 aromatic rings. The summed E-state index contributed by atoms with van der Waals surface area (Å²) >= 11 is 0. The topological polar surface area (TPSA) is 92.1 Å². The van der Waals surface area contributed by atoms with E-state index < -0.39 is 10.8 Å². The zero-order valence-electron chi connectivity index (χ0n) is 7.14. The first kappa shape index (κ1) is 9.17. The van der Waals surface area contributed by atoms with Crippen LogP contribution in [-0.2, 0) is 0 Å². The Bertz CT molecular complexity index is 343. The largest absolute Gasteiger partial charge is 0.358 e. The lowest BCUT2D eigenvalue weighted by Crippen LogP contribution is -2.22. The fraction of sp³-hybridized carbons (Fsp3) is 0.333. The molecule has 0 saturated carbocycles. The van der Waals surface area contributed by atoms with E-state index in [1.165, 1.54) is 19.0 Å². The average Bonchev–Trinajstić information content (AvgIpc) is 2.50. The van der Waals surface area contributed by atoms with Gasteiger partial charge in [0.25, 0.3) is 5.82 Å². The zero-order valence-corrected chi connectivity index (χ0v) is 7.14. The molecule has 1 heterocycles. The number of aromatic amines is 1. The molecule has 0 radical (unpaired) electrons. The first-order valence-electron chi connectivity index (χ1n) is 3.43. The maximum Gasteiger partial charge on any atom is 0.341 e. The van der Waals surface area contributed by atoms with Crippen LogP contribution in [0.4, 0.5) is 5.82 Å². The van der Waals surface area contributed by atoms with Crippen molar-refractivity contribution in [2.75, 3.05) is 14.1 Å². The van der Waals surface area contributed by atoms with Crippen molar-refractivity contribution in [3.63, 3.8) is 0 Å². The van der Waals surface area contributed by atoms with Crippen LogP contribution in [0.5, 0.6) is 0 Å². The molecular weight excluding hydrogens is 176 g/mol. The molecule has 0 aliphatic heterocycles. The number of nitro groups is 1. The van der Waals surface area contributed by atoms with Gasteiger partial charge in [-0.25, -0.2) is 9.97 Å². The molecule has 0 atom stereocenters. The summed E-state index contributed by atoms with van der Waals surface area (Å²) < 4.78 is 0. The van der Waals surface area contributed by atoms with Crippen LogP contribution in [0.1, 0.15) is 10.6 Å². The SMILES string of the molecule is CN(C)C(=O)c1ncc([N+](=O)[O-])[nH]1. The number of amides is 1. The van der Waals surface area contributed by atoms with E-state index in [9.17, 15) is 14.9 Å². The van der Waals surface area contributed by atoms with Crippen LogP contribution in [0, 0.1) is 10.1 Å². The van der Waals surface area contributed by atoms with E-state index in [2.05, 4.69) is 9.97 Å². The quantitative estimate of drug-likeness (QED) is 0.518. The van der Waals surface area contributed by atoms with Crippen molar-refractivity contribution in [3.8, 4) is 0 Å². The molecule has 0 bridgehead atoms. The van der Waals surface area contributed by atoms with Crippen LogP contribution in [0.2, 0.25) is 0 Å². The van der Waals surface area contributed by atoms with Crippen LogP contribution < -0.4 is 0 Å². The van der Waals surface area contributed by atoms with Gasteiger partial charge in [0.2, 0.25) is 0 Å². The molecule has 1 rings (SSSR count). The van der Waals surface area contributed by atoms with Gasteiger partial charge in [0.05, 0.1) is 0 Å². The van der Waals surface area contributed by atoms with E-state index in [4.69, 9.17) is 0 Å². The van der Waals surface area contributed by atoms with Crippen LogP contribution in [0.25, 0.3) is 0 Å². The third-order valence-corrected chi connectivity index (χ3v) is 1.37. The van der Waals surface area contributed by atoms with Crippen LogP contribution in [-0.4, -0.2) is 39.8 Å². The summed E-state index contributed by atoms with van der Waals surface area (Å²) in [6.07, 6.45) is 1.01. The number of hydrogen-bond acceptors (Lipinski definition) is 4. The first-order valence-corrected chi connectivity index (χ1v) is 3.43. The van der Waals surface area contributed by atoms with Crippen molar-refractivity contribution in [2.45, 2.75) is 0 Å². The molecule has 0 fully saturated rings. The zero-order chi connectivity index (χ0) is 10.0. The molecule has 0 unspecified atom stereocenters. The van der Waals surface area contributed by atoms with Crippen molar-refractivity contribution in [1.82, 2.24) is 14.9 Å². The van der Waals surface area contributed by atoms with Gasteiger partial charge >= 0.3 is 11.7 Å². The number of carbonyl (C=O) groups excluding carboxylic acids is 1. The maximum atomic E-state index is 11.2. The highest BCUT2D eigenvalue weighted by Crippen LogP contribution is 2.06. The van der Waals surface area contributed by atoms with Gasteiger partial charge in [-0.2, -0.15) is 0 Å². The number of imidazole rings is 1. The second-order valence-electron chi connectivity index (χ2n) is 2.57. The first-order chi connectivity index (χ1) is 6.02. The highest BCUT2D eigenvalue weighted by atomic mass is 16.6. The Morgan fingerprint density at radius 1 is 1.69 bits per heavy atom. The molecule has 7 nitrogen and oxygen atoms in total. The van der Waals surface area contributed by atoms with Gasteiger partial charge in [-0.3, -0.25) is 4.79 Å². The van der Waals surface area contributed by atoms with Crippen molar-refractivity contribution < 1.29 is 9.72 Å². The third-order valence-electron chi connectivity index (χ3n) is 1.37.